The highest BCUT2D eigenvalue weighted by molar-refractivity contribution is 6.36. The lowest BCUT2D eigenvalue weighted by Gasteiger charge is -2.42. The second kappa shape index (κ2) is 12.7. The van der Waals surface area contributed by atoms with Crippen molar-refractivity contribution in [1.82, 2.24) is 19.8 Å². The first-order chi connectivity index (χ1) is 23.4. The molecule has 2 atom stereocenters. The molecule has 0 radical (unpaired) electrons. The highest BCUT2D eigenvalue weighted by atomic mass is 35.5. The Bertz CT molecular complexity index is 1740. The Labute approximate surface area is 285 Å². The van der Waals surface area contributed by atoms with Gasteiger partial charge in [0.2, 0.25) is 11.8 Å². The molecule has 2 aromatic carbocycles. The molecule has 2 aromatic heterocycles. The summed E-state index contributed by atoms with van der Waals surface area (Å²) in [6, 6.07) is 15.7. The van der Waals surface area contributed by atoms with E-state index in [1.807, 2.05) is 30.3 Å². The van der Waals surface area contributed by atoms with Crippen LogP contribution in [-0.4, -0.2) is 86.6 Å². The van der Waals surface area contributed by atoms with E-state index in [2.05, 4.69) is 15.9 Å². The highest BCUT2D eigenvalue weighted by Crippen LogP contribution is 2.47. The zero-order valence-corrected chi connectivity index (χ0v) is 28.5. The van der Waals surface area contributed by atoms with Crippen LogP contribution in [0.1, 0.15) is 47.2 Å². The molecule has 8 rings (SSSR count). The quantitative estimate of drug-likeness (QED) is 0.190. The number of hydrogen-bond donors (Lipinski definition) is 0. The number of likely N-dealkylation sites (tertiary alicyclic amines) is 2. The maximum Gasteiger partial charge on any atom is 0.218 e. The number of halogens is 2. The molecule has 2 aliphatic heterocycles. The summed E-state index contributed by atoms with van der Waals surface area (Å²) in [6.45, 7) is 3.60. The van der Waals surface area contributed by atoms with Gasteiger partial charge in [-0.15, -0.1) is 0 Å². The smallest absolute Gasteiger partial charge is 0.218 e. The molecular formula is C38H40ClFN4O4. The van der Waals surface area contributed by atoms with Gasteiger partial charge >= 0.3 is 0 Å². The molecule has 4 aliphatic rings. The van der Waals surface area contributed by atoms with E-state index in [4.69, 9.17) is 40.5 Å². The summed E-state index contributed by atoms with van der Waals surface area (Å²) in [5, 5.41) is 0.439. The standard InChI is InChI=1S/C38H40ClFN4O4/c1-45-23-17-43(18-23)31-13-11-21-15-29(41-37(47-3)33(21)31)27-9-5-7-25(35(27)39)26-8-6-10-28(36(26)40)30-16-22-12-14-32(34(22)38(42-30)48-4)44-19-24(20-44)46-2/h5-10,15-16,23-24,31-32H,11-14,17-20H2,1-4H3. The van der Waals surface area contributed by atoms with Gasteiger partial charge in [0.15, 0.2) is 0 Å². The lowest BCUT2D eigenvalue weighted by molar-refractivity contribution is -0.0515. The number of hydrogen-bond acceptors (Lipinski definition) is 8. The van der Waals surface area contributed by atoms with Crippen LogP contribution in [0.15, 0.2) is 48.5 Å². The minimum absolute atomic E-state index is 0.233. The van der Waals surface area contributed by atoms with Crippen LogP contribution in [0.5, 0.6) is 11.8 Å². The average Bonchev–Trinajstić information content (AvgIpc) is 3.68. The molecule has 2 fully saturated rings. The first-order valence-corrected chi connectivity index (χ1v) is 17.1. The molecule has 0 spiro atoms. The molecule has 0 amide bonds. The predicted molar refractivity (Wildman–Crippen MR) is 183 cm³/mol. The van der Waals surface area contributed by atoms with Crippen LogP contribution in [0, 0.1) is 5.82 Å². The van der Waals surface area contributed by atoms with Crippen LogP contribution in [0.2, 0.25) is 5.02 Å². The van der Waals surface area contributed by atoms with Crippen LogP contribution in [0.25, 0.3) is 33.6 Å². The van der Waals surface area contributed by atoms with E-state index in [0.717, 1.165) is 74.1 Å². The number of pyridine rings is 2. The van der Waals surface area contributed by atoms with E-state index < -0.39 is 0 Å². The number of methoxy groups -OCH3 is 4. The number of nitrogens with zero attached hydrogens (tertiary/aromatic N) is 4. The summed E-state index contributed by atoms with van der Waals surface area (Å²) in [7, 11) is 6.82. The van der Waals surface area contributed by atoms with Gasteiger partial charge < -0.3 is 18.9 Å². The van der Waals surface area contributed by atoms with E-state index in [0.29, 0.717) is 44.9 Å². The summed E-state index contributed by atoms with van der Waals surface area (Å²) in [6.07, 6.45) is 4.35. The molecule has 4 aromatic rings. The topological polar surface area (TPSA) is 69.2 Å². The van der Waals surface area contributed by atoms with Crippen molar-refractivity contribution >= 4 is 11.6 Å². The third-order valence-electron chi connectivity index (χ3n) is 10.8. The van der Waals surface area contributed by atoms with Crippen LogP contribution in [0.3, 0.4) is 0 Å². The van der Waals surface area contributed by atoms with Crippen molar-refractivity contribution in [2.24, 2.45) is 0 Å². The lowest BCUT2D eigenvalue weighted by atomic mass is 9.96. The van der Waals surface area contributed by atoms with Crippen molar-refractivity contribution in [3.63, 3.8) is 0 Å². The Morgan fingerprint density at radius 3 is 1.62 bits per heavy atom. The molecule has 2 unspecified atom stereocenters. The zero-order chi connectivity index (χ0) is 33.1. The number of fused-ring (bicyclic) bond motifs is 2. The van der Waals surface area contributed by atoms with Crippen LogP contribution >= 0.6 is 11.6 Å². The van der Waals surface area contributed by atoms with E-state index >= 15 is 4.39 Å². The van der Waals surface area contributed by atoms with Gasteiger partial charge in [0.25, 0.3) is 0 Å². The van der Waals surface area contributed by atoms with Crippen LogP contribution in [-0.2, 0) is 22.3 Å². The summed E-state index contributed by atoms with van der Waals surface area (Å²) < 4.78 is 39.3. The third-order valence-corrected chi connectivity index (χ3v) is 11.2. The molecule has 0 N–H and O–H groups in total. The molecule has 0 bridgehead atoms. The minimum atomic E-state index is -0.377. The largest absolute Gasteiger partial charge is 0.481 e. The van der Waals surface area contributed by atoms with Gasteiger partial charge in [-0.05, 0) is 55.0 Å². The molecular weight excluding hydrogens is 631 g/mol. The molecule has 10 heteroatoms. The summed E-state index contributed by atoms with van der Waals surface area (Å²) >= 11 is 7.13. The SMILES string of the molecule is COc1nc(-c2cccc(-c3cccc(-c4cc5c(c(OC)n4)C(N4CC(OC)C4)CC5)c3Cl)c2F)cc2c1C(N1CC(OC)C1)CC2. The molecule has 2 aliphatic carbocycles. The van der Waals surface area contributed by atoms with E-state index in [1.54, 1.807) is 40.6 Å². The van der Waals surface area contributed by atoms with Crippen LogP contribution < -0.4 is 9.47 Å². The second-order valence-corrected chi connectivity index (χ2v) is 13.6. The zero-order valence-electron chi connectivity index (χ0n) is 27.8. The molecule has 2 saturated heterocycles. The predicted octanol–water partition coefficient (Wildman–Crippen LogP) is 6.92. The number of aryl methyl sites for hydroxylation is 2. The van der Waals surface area contributed by atoms with E-state index in [9.17, 15) is 0 Å². The summed E-state index contributed by atoms with van der Waals surface area (Å²) in [5.41, 5.74) is 8.03. The van der Waals surface area contributed by atoms with Crippen molar-refractivity contribution in [2.45, 2.75) is 50.0 Å². The Kier molecular flexibility index (Phi) is 8.37. The molecule has 48 heavy (non-hydrogen) atoms. The van der Waals surface area contributed by atoms with Gasteiger partial charge in [-0.1, -0.05) is 41.9 Å². The van der Waals surface area contributed by atoms with Gasteiger partial charge in [0, 0.05) is 85.9 Å². The maximum absolute atomic E-state index is 16.6. The fourth-order valence-corrected chi connectivity index (χ4v) is 8.43. The number of benzene rings is 2. The molecule has 4 heterocycles. The Balaban J connectivity index is 1.12. The van der Waals surface area contributed by atoms with Gasteiger partial charge in [-0.25, -0.2) is 14.4 Å². The number of aromatic nitrogens is 2. The van der Waals surface area contributed by atoms with Crippen molar-refractivity contribution in [1.29, 1.82) is 0 Å². The summed E-state index contributed by atoms with van der Waals surface area (Å²) in [4.78, 5) is 14.6. The minimum Gasteiger partial charge on any atom is -0.481 e. The van der Waals surface area contributed by atoms with Gasteiger partial charge in [-0.3, -0.25) is 9.80 Å². The normalized spacial score (nSPS) is 21.1. The van der Waals surface area contributed by atoms with Crippen LogP contribution in [0.4, 0.5) is 4.39 Å². The molecule has 8 nitrogen and oxygen atoms in total. The van der Waals surface area contributed by atoms with E-state index in [-0.39, 0.29) is 30.1 Å². The highest BCUT2D eigenvalue weighted by Gasteiger charge is 2.40. The fourth-order valence-electron chi connectivity index (χ4n) is 8.10. The Hall–Kier alpha value is -3.60. The fraction of sp³-hybridized carbons (Fsp3) is 0.421. The molecule has 250 valence electrons. The first-order valence-electron chi connectivity index (χ1n) is 16.7. The van der Waals surface area contributed by atoms with Crippen molar-refractivity contribution < 1.29 is 23.3 Å². The first kappa shape index (κ1) is 31.7. The van der Waals surface area contributed by atoms with E-state index in [1.165, 1.54) is 5.56 Å². The third kappa shape index (κ3) is 5.18. The van der Waals surface area contributed by atoms with Gasteiger partial charge in [0.05, 0.1) is 42.8 Å². The monoisotopic (exact) mass is 670 g/mol. The average molecular weight is 671 g/mol. The second-order valence-electron chi connectivity index (χ2n) is 13.2. The Morgan fingerprint density at radius 2 is 1.12 bits per heavy atom. The lowest BCUT2D eigenvalue weighted by Crippen LogP contribution is -2.52. The van der Waals surface area contributed by atoms with Gasteiger partial charge in [-0.2, -0.15) is 0 Å². The van der Waals surface area contributed by atoms with Crippen molar-refractivity contribution in [3.8, 4) is 45.4 Å². The number of rotatable bonds is 9. The summed E-state index contributed by atoms with van der Waals surface area (Å²) in [5.74, 6) is 0.798. The maximum atomic E-state index is 16.6. The van der Waals surface area contributed by atoms with Crippen molar-refractivity contribution in [3.05, 3.63) is 81.6 Å². The molecule has 0 saturated carbocycles. The van der Waals surface area contributed by atoms with Gasteiger partial charge in [0.1, 0.15) is 5.82 Å². The van der Waals surface area contributed by atoms with Crippen molar-refractivity contribution in [2.75, 3.05) is 54.6 Å². The number of ether oxygens (including phenoxy) is 4. The Morgan fingerprint density at radius 1 is 0.667 bits per heavy atom.